The zero-order valence-electron chi connectivity index (χ0n) is 14.8. The standard InChI is InChI=1S/C18H22N4O2S/c1-5-14-16(23)22(3)17(19)21-18(14,2)15-7-12(10-25-15)11-6-13(24-4)9-20-8-11/h6-10,14H,5H2,1-4H3,(H2,19,21)/t14?,18-/m0/s1. The number of amides is 1. The molecule has 0 radical (unpaired) electrons. The molecular formula is C18H22N4O2S. The first-order valence-electron chi connectivity index (χ1n) is 8.13. The Hall–Kier alpha value is -2.41. The third kappa shape index (κ3) is 2.89. The molecule has 1 fully saturated rings. The molecule has 0 aliphatic carbocycles. The molecule has 1 aliphatic rings. The van der Waals surface area contributed by atoms with E-state index in [0.717, 1.165) is 16.0 Å². The fourth-order valence-corrected chi connectivity index (χ4v) is 4.36. The van der Waals surface area contributed by atoms with Gasteiger partial charge in [0.05, 0.1) is 24.8 Å². The van der Waals surface area contributed by atoms with Gasteiger partial charge in [0.1, 0.15) is 5.75 Å². The summed E-state index contributed by atoms with van der Waals surface area (Å²) in [5.41, 5.74) is 1.40. The molecular weight excluding hydrogens is 336 g/mol. The van der Waals surface area contributed by atoms with Crippen LogP contribution in [0.15, 0.2) is 29.9 Å². The molecule has 1 unspecified atom stereocenters. The minimum Gasteiger partial charge on any atom is -0.495 e. The third-order valence-corrected chi connectivity index (χ3v) is 6.01. The van der Waals surface area contributed by atoms with Crippen LogP contribution in [0.2, 0.25) is 0 Å². The number of methoxy groups -OCH3 is 1. The highest BCUT2D eigenvalue weighted by Crippen LogP contribution is 2.40. The highest BCUT2D eigenvalue weighted by molar-refractivity contribution is 7.10. The molecule has 0 aromatic carbocycles. The summed E-state index contributed by atoms with van der Waals surface area (Å²) in [6.45, 7) is 4.01. The molecule has 7 heteroatoms. The molecule has 2 N–H and O–H groups in total. The summed E-state index contributed by atoms with van der Waals surface area (Å²) in [5, 5.41) is 13.4. The van der Waals surface area contributed by atoms with Gasteiger partial charge in [0.25, 0.3) is 0 Å². The number of carbonyl (C=O) groups is 1. The van der Waals surface area contributed by atoms with Crippen molar-refractivity contribution in [3.05, 3.63) is 34.8 Å². The van der Waals surface area contributed by atoms with Gasteiger partial charge in [-0.1, -0.05) is 6.92 Å². The molecule has 1 aliphatic heterocycles. The van der Waals surface area contributed by atoms with Crippen molar-refractivity contribution in [1.82, 2.24) is 15.2 Å². The molecule has 3 heterocycles. The smallest absolute Gasteiger partial charge is 0.234 e. The predicted molar refractivity (Wildman–Crippen MR) is 98.9 cm³/mol. The van der Waals surface area contributed by atoms with E-state index in [0.29, 0.717) is 12.2 Å². The quantitative estimate of drug-likeness (QED) is 0.880. The van der Waals surface area contributed by atoms with Crippen LogP contribution in [-0.2, 0) is 10.3 Å². The van der Waals surface area contributed by atoms with E-state index in [1.165, 1.54) is 4.90 Å². The topological polar surface area (TPSA) is 78.3 Å². The Kier molecular flexibility index (Phi) is 4.51. The summed E-state index contributed by atoms with van der Waals surface area (Å²) in [4.78, 5) is 19.3. The number of hydrogen-bond acceptors (Lipinski definition) is 5. The maximum atomic E-state index is 12.6. The Balaban J connectivity index is 1.99. The fraction of sp³-hybridized carbons (Fsp3) is 0.389. The van der Waals surface area contributed by atoms with Gasteiger partial charge in [-0.05, 0) is 36.4 Å². The van der Waals surface area contributed by atoms with Gasteiger partial charge >= 0.3 is 0 Å². The zero-order valence-corrected chi connectivity index (χ0v) is 15.6. The maximum absolute atomic E-state index is 12.6. The number of pyridine rings is 1. The lowest BCUT2D eigenvalue weighted by Crippen LogP contribution is -2.63. The van der Waals surface area contributed by atoms with Crippen molar-refractivity contribution in [2.24, 2.45) is 5.92 Å². The minimum atomic E-state index is -0.593. The SMILES string of the molecule is CCC1C(=O)N(C)C(=N)N[C@]1(C)c1cc(-c2cncc(OC)c2)cs1. The first-order chi connectivity index (χ1) is 11.9. The van der Waals surface area contributed by atoms with E-state index < -0.39 is 5.54 Å². The van der Waals surface area contributed by atoms with Crippen molar-refractivity contribution in [3.63, 3.8) is 0 Å². The number of nitrogens with zero attached hydrogens (tertiary/aromatic N) is 2. The summed E-state index contributed by atoms with van der Waals surface area (Å²) in [6.07, 6.45) is 4.17. The molecule has 2 atom stereocenters. The molecule has 25 heavy (non-hydrogen) atoms. The normalized spacial score (nSPS) is 23.5. The maximum Gasteiger partial charge on any atom is 0.234 e. The van der Waals surface area contributed by atoms with E-state index >= 15 is 0 Å². The number of thiophene rings is 1. The fourth-order valence-electron chi connectivity index (χ4n) is 3.27. The summed E-state index contributed by atoms with van der Waals surface area (Å²) >= 11 is 1.59. The second-order valence-corrected chi connectivity index (χ2v) is 7.26. The van der Waals surface area contributed by atoms with E-state index in [4.69, 9.17) is 10.1 Å². The van der Waals surface area contributed by atoms with E-state index in [-0.39, 0.29) is 17.8 Å². The molecule has 6 nitrogen and oxygen atoms in total. The molecule has 2 aromatic rings. The van der Waals surface area contributed by atoms with Crippen LogP contribution < -0.4 is 10.1 Å². The number of guanidine groups is 1. The van der Waals surface area contributed by atoms with E-state index in [1.807, 2.05) is 19.9 Å². The van der Waals surface area contributed by atoms with Crippen molar-refractivity contribution in [2.45, 2.75) is 25.8 Å². The van der Waals surface area contributed by atoms with E-state index in [2.05, 4.69) is 21.7 Å². The summed E-state index contributed by atoms with van der Waals surface area (Å²) in [6, 6.07) is 4.01. The second kappa shape index (κ2) is 6.48. The Morgan fingerprint density at radius 3 is 2.84 bits per heavy atom. The van der Waals surface area contributed by atoms with Crippen LogP contribution in [0.5, 0.6) is 5.75 Å². The van der Waals surface area contributed by atoms with Crippen LogP contribution in [0.1, 0.15) is 25.1 Å². The Morgan fingerprint density at radius 2 is 2.16 bits per heavy atom. The minimum absolute atomic E-state index is 0.0215. The average molecular weight is 358 g/mol. The van der Waals surface area contributed by atoms with Gasteiger partial charge in [-0.25, -0.2) is 0 Å². The molecule has 0 saturated carbocycles. The Morgan fingerprint density at radius 1 is 1.40 bits per heavy atom. The lowest BCUT2D eigenvalue weighted by atomic mass is 9.79. The first-order valence-corrected chi connectivity index (χ1v) is 9.01. The van der Waals surface area contributed by atoms with Crippen LogP contribution in [0.4, 0.5) is 0 Å². The van der Waals surface area contributed by atoms with Crippen molar-refractivity contribution in [1.29, 1.82) is 5.41 Å². The second-order valence-electron chi connectivity index (χ2n) is 6.35. The molecule has 132 valence electrons. The number of nitrogens with one attached hydrogen (secondary N) is 2. The van der Waals surface area contributed by atoms with Crippen molar-refractivity contribution >= 4 is 23.2 Å². The van der Waals surface area contributed by atoms with Crippen molar-refractivity contribution in [3.8, 4) is 16.9 Å². The lowest BCUT2D eigenvalue weighted by molar-refractivity contribution is -0.135. The van der Waals surface area contributed by atoms with Gasteiger partial charge in [0.2, 0.25) is 5.91 Å². The predicted octanol–water partition coefficient (Wildman–Crippen LogP) is 3.06. The van der Waals surface area contributed by atoms with Crippen LogP contribution in [-0.4, -0.2) is 35.9 Å². The number of carbonyl (C=O) groups excluding carboxylic acids is 1. The van der Waals surface area contributed by atoms with Crippen LogP contribution in [0.25, 0.3) is 11.1 Å². The van der Waals surface area contributed by atoms with E-state index in [1.54, 1.807) is 37.9 Å². The molecule has 1 amide bonds. The average Bonchev–Trinajstić information content (AvgIpc) is 3.11. The molecule has 3 rings (SSSR count). The number of aromatic nitrogens is 1. The zero-order chi connectivity index (χ0) is 18.2. The number of rotatable bonds is 4. The van der Waals surface area contributed by atoms with Gasteiger partial charge < -0.3 is 10.1 Å². The third-order valence-electron chi connectivity index (χ3n) is 4.84. The molecule has 2 aromatic heterocycles. The van der Waals surface area contributed by atoms with Crippen LogP contribution in [0, 0.1) is 11.3 Å². The summed E-state index contributed by atoms with van der Waals surface area (Å²) in [7, 11) is 3.26. The summed E-state index contributed by atoms with van der Waals surface area (Å²) < 4.78 is 5.24. The van der Waals surface area contributed by atoms with Gasteiger partial charge in [-0.3, -0.25) is 20.1 Å². The van der Waals surface area contributed by atoms with Crippen LogP contribution >= 0.6 is 11.3 Å². The largest absolute Gasteiger partial charge is 0.495 e. The molecule has 1 saturated heterocycles. The van der Waals surface area contributed by atoms with Gasteiger partial charge in [-0.2, -0.15) is 0 Å². The van der Waals surface area contributed by atoms with Gasteiger partial charge in [0.15, 0.2) is 5.96 Å². The first kappa shape index (κ1) is 17.4. The van der Waals surface area contributed by atoms with Crippen molar-refractivity contribution in [2.75, 3.05) is 14.2 Å². The monoisotopic (exact) mass is 358 g/mol. The molecule has 0 bridgehead atoms. The highest BCUT2D eigenvalue weighted by Gasteiger charge is 2.47. The number of hydrogen-bond donors (Lipinski definition) is 2. The van der Waals surface area contributed by atoms with Crippen molar-refractivity contribution < 1.29 is 9.53 Å². The van der Waals surface area contributed by atoms with Crippen LogP contribution in [0.3, 0.4) is 0 Å². The summed E-state index contributed by atoms with van der Waals surface area (Å²) in [5.74, 6) is 0.598. The Bertz CT molecular complexity index is 819. The van der Waals surface area contributed by atoms with Gasteiger partial charge in [-0.15, -0.1) is 11.3 Å². The Labute approximate surface area is 151 Å². The lowest BCUT2D eigenvalue weighted by Gasteiger charge is -2.44. The molecule has 0 spiro atoms. The highest BCUT2D eigenvalue weighted by atomic mass is 32.1. The van der Waals surface area contributed by atoms with Gasteiger partial charge in [0, 0.05) is 23.7 Å². The van der Waals surface area contributed by atoms with E-state index in [9.17, 15) is 4.79 Å². The number of ether oxygens (including phenoxy) is 1.